The summed E-state index contributed by atoms with van der Waals surface area (Å²) in [6.45, 7) is 0.278. The zero-order chi connectivity index (χ0) is 22.4. The lowest BCUT2D eigenvalue weighted by Gasteiger charge is -2.17. The summed E-state index contributed by atoms with van der Waals surface area (Å²) in [4.78, 5) is 18.2. The number of benzene rings is 2. The van der Waals surface area contributed by atoms with Gasteiger partial charge in [0.05, 0.1) is 6.54 Å². The first-order valence-corrected chi connectivity index (χ1v) is 9.41. The Labute approximate surface area is 176 Å². The minimum absolute atomic E-state index is 0.0828. The second-order valence-corrected chi connectivity index (χ2v) is 6.67. The highest BCUT2D eigenvalue weighted by molar-refractivity contribution is 5.77. The number of esters is 1. The van der Waals surface area contributed by atoms with Crippen molar-refractivity contribution in [3.63, 3.8) is 0 Å². The zero-order valence-electron chi connectivity index (χ0n) is 16.9. The van der Waals surface area contributed by atoms with Gasteiger partial charge in [-0.05, 0) is 31.2 Å². The van der Waals surface area contributed by atoms with Crippen molar-refractivity contribution in [2.75, 3.05) is 31.7 Å². The molecule has 1 unspecified atom stereocenters. The Hall–Kier alpha value is -3.27. The fraction of sp³-hybridized carbons (Fsp3) is 0.333. The molecule has 0 spiro atoms. The van der Waals surface area contributed by atoms with E-state index in [1.54, 1.807) is 30.1 Å². The van der Waals surface area contributed by atoms with Gasteiger partial charge in [0.1, 0.15) is 18.7 Å². The van der Waals surface area contributed by atoms with Crippen LogP contribution in [0.5, 0.6) is 11.5 Å². The summed E-state index contributed by atoms with van der Waals surface area (Å²) in [7, 11) is 1.79. The Morgan fingerprint density at radius 3 is 2.52 bits per heavy atom. The molecule has 10 heteroatoms. The Bertz CT molecular complexity index is 988. The lowest BCUT2D eigenvalue weighted by molar-refractivity contribution is -0.189. The molecule has 3 aromatic rings. The van der Waals surface area contributed by atoms with Crippen LogP contribution in [0.25, 0.3) is 11.1 Å². The first kappa shape index (κ1) is 22.4. The molecule has 7 nitrogen and oxygen atoms in total. The molecule has 1 atom stereocenters. The van der Waals surface area contributed by atoms with Crippen molar-refractivity contribution < 1.29 is 36.6 Å². The first-order chi connectivity index (χ1) is 14.7. The first-order valence-electron chi connectivity index (χ1n) is 9.41. The van der Waals surface area contributed by atoms with Gasteiger partial charge in [0.15, 0.2) is 23.2 Å². The Balaban J connectivity index is 1.54. The highest BCUT2D eigenvalue weighted by Crippen LogP contribution is 2.27. The van der Waals surface area contributed by atoms with Crippen molar-refractivity contribution in [1.29, 1.82) is 0 Å². The van der Waals surface area contributed by atoms with Crippen LogP contribution < -0.4 is 14.4 Å². The van der Waals surface area contributed by atoms with E-state index in [0.29, 0.717) is 18.1 Å². The number of carbonyl (C=O) groups excluding carboxylic acids is 1. The van der Waals surface area contributed by atoms with E-state index in [1.165, 1.54) is 13.0 Å². The van der Waals surface area contributed by atoms with Gasteiger partial charge in [-0.15, -0.1) is 0 Å². The lowest BCUT2D eigenvalue weighted by Crippen LogP contribution is -2.30. The maximum Gasteiger partial charge on any atom is 0.411 e. The molecule has 0 amide bonds. The van der Waals surface area contributed by atoms with Crippen LogP contribution in [0, 0.1) is 0 Å². The van der Waals surface area contributed by atoms with E-state index in [4.69, 9.17) is 13.9 Å². The summed E-state index contributed by atoms with van der Waals surface area (Å²) >= 11 is 0. The lowest BCUT2D eigenvalue weighted by atomic mass is 10.3. The number of halogens is 3. The number of anilines is 1. The van der Waals surface area contributed by atoms with Crippen LogP contribution in [-0.4, -0.2) is 50.0 Å². The Kier molecular flexibility index (Phi) is 7.01. The van der Waals surface area contributed by atoms with Crippen LogP contribution in [-0.2, 0) is 9.53 Å². The van der Waals surface area contributed by atoms with Gasteiger partial charge >= 0.3 is 12.1 Å². The summed E-state index contributed by atoms with van der Waals surface area (Å²) < 4.78 is 57.8. The molecule has 0 saturated carbocycles. The number of para-hydroxylation sites is 4. The Morgan fingerprint density at radius 2 is 1.81 bits per heavy atom. The predicted octanol–water partition coefficient (Wildman–Crippen LogP) is 4.22. The van der Waals surface area contributed by atoms with Crippen LogP contribution in [0.1, 0.15) is 6.92 Å². The van der Waals surface area contributed by atoms with Crippen LogP contribution in [0.3, 0.4) is 0 Å². The number of hydrogen-bond acceptors (Lipinski definition) is 7. The van der Waals surface area contributed by atoms with Gasteiger partial charge in [-0.25, -0.2) is 4.79 Å². The summed E-state index contributed by atoms with van der Waals surface area (Å²) in [6, 6.07) is 14.2. The number of carbonyl (C=O) groups is 1. The summed E-state index contributed by atoms with van der Waals surface area (Å²) in [5.74, 6) is -0.604. The Morgan fingerprint density at radius 1 is 1.13 bits per heavy atom. The maximum atomic E-state index is 12.2. The number of nitrogens with zero attached hydrogens (tertiary/aromatic N) is 2. The number of alkyl halides is 3. The average Bonchev–Trinajstić information content (AvgIpc) is 3.17. The average molecular weight is 438 g/mol. The fourth-order valence-electron chi connectivity index (χ4n) is 2.54. The molecule has 0 fully saturated rings. The maximum absolute atomic E-state index is 12.2. The molecular formula is C21H21F3N2O5. The molecule has 1 heterocycles. The molecule has 0 aliphatic rings. The summed E-state index contributed by atoms with van der Waals surface area (Å²) in [6.07, 6.45) is -5.92. The number of likely N-dealkylation sites (N-methyl/N-ethyl adjacent to an activating group) is 1. The summed E-state index contributed by atoms with van der Waals surface area (Å²) in [5.41, 5.74) is 1.41. The van der Waals surface area contributed by atoms with Crippen molar-refractivity contribution >= 4 is 23.1 Å². The predicted molar refractivity (Wildman–Crippen MR) is 106 cm³/mol. The van der Waals surface area contributed by atoms with Crippen molar-refractivity contribution in [2.45, 2.75) is 19.2 Å². The molecule has 2 aromatic carbocycles. The highest BCUT2D eigenvalue weighted by atomic mass is 19.4. The topological polar surface area (TPSA) is 74.0 Å². The van der Waals surface area contributed by atoms with Gasteiger partial charge in [-0.3, -0.25) is 0 Å². The number of hydrogen-bond donors (Lipinski definition) is 0. The fourth-order valence-corrected chi connectivity index (χ4v) is 2.54. The zero-order valence-corrected chi connectivity index (χ0v) is 16.9. The van der Waals surface area contributed by atoms with E-state index in [-0.39, 0.29) is 18.1 Å². The standard InChI is InChI=1S/C21H21F3N2O5/c1-14(29-13-21(22,23)24)19(27)30-18-10-6-5-9-17(18)28-12-11-26(2)20-25-15-7-3-4-8-16(15)31-20/h3-10,14H,11-13H2,1-2H3. The molecule has 0 aliphatic carbocycles. The third-order valence-corrected chi connectivity index (χ3v) is 4.18. The molecule has 3 rings (SSSR count). The van der Waals surface area contributed by atoms with Crippen molar-refractivity contribution in [3.8, 4) is 11.5 Å². The molecule has 0 saturated heterocycles. The van der Waals surface area contributed by atoms with Gasteiger partial charge < -0.3 is 23.5 Å². The van der Waals surface area contributed by atoms with E-state index >= 15 is 0 Å². The number of oxazole rings is 1. The van der Waals surface area contributed by atoms with Gasteiger partial charge in [0.2, 0.25) is 0 Å². The number of rotatable bonds is 9. The van der Waals surface area contributed by atoms with Crippen molar-refractivity contribution in [1.82, 2.24) is 4.98 Å². The molecule has 0 bridgehead atoms. The highest BCUT2D eigenvalue weighted by Gasteiger charge is 2.30. The third kappa shape index (κ3) is 6.35. The molecular weight excluding hydrogens is 417 g/mol. The second kappa shape index (κ2) is 9.69. The van der Waals surface area contributed by atoms with Gasteiger partial charge in [0.25, 0.3) is 6.01 Å². The smallest absolute Gasteiger partial charge is 0.411 e. The summed E-state index contributed by atoms with van der Waals surface area (Å²) in [5, 5.41) is 0. The number of aromatic nitrogens is 1. The molecule has 166 valence electrons. The SMILES string of the molecule is CC(OCC(F)(F)F)C(=O)Oc1ccccc1OCCN(C)c1nc2ccccc2o1. The number of ether oxygens (including phenoxy) is 3. The van der Waals surface area contributed by atoms with E-state index in [0.717, 1.165) is 5.52 Å². The van der Waals surface area contributed by atoms with E-state index < -0.39 is 24.9 Å². The second-order valence-electron chi connectivity index (χ2n) is 6.67. The largest absolute Gasteiger partial charge is 0.488 e. The van der Waals surface area contributed by atoms with Gasteiger partial charge in [-0.1, -0.05) is 24.3 Å². The normalized spacial score (nSPS) is 12.5. The van der Waals surface area contributed by atoms with Crippen LogP contribution in [0.4, 0.5) is 19.2 Å². The molecule has 0 radical (unpaired) electrons. The molecule has 31 heavy (non-hydrogen) atoms. The third-order valence-electron chi connectivity index (χ3n) is 4.18. The van der Waals surface area contributed by atoms with Crippen molar-refractivity contribution in [3.05, 3.63) is 48.5 Å². The minimum atomic E-state index is -4.53. The molecule has 1 aromatic heterocycles. The van der Waals surface area contributed by atoms with Gasteiger partial charge in [0, 0.05) is 7.05 Å². The van der Waals surface area contributed by atoms with E-state index in [1.807, 2.05) is 24.3 Å². The number of fused-ring (bicyclic) bond motifs is 1. The monoisotopic (exact) mass is 438 g/mol. The van der Waals surface area contributed by atoms with Crippen LogP contribution in [0.2, 0.25) is 0 Å². The van der Waals surface area contributed by atoms with E-state index in [9.17, 15) is 18.0 Å². The van der Waals surface area contributed by atoms with E-state index in [2.05, 4.69) is 9.72 Å². The minimum Gasteiger partial charge on any atom is -0.488 e. The van der Waals surface area contributed by atoms with Crippen LogP contribution >= 0.6 is 0 Å². The molecule has 0 aliphatic heterocycles. The molecule has 0 N–H and O–H groups in total. The quantitative estimate of drug-likeness (QED) is 0.366. The van der Waals surface area contributed by atoms with Gasteiger partial charge in [-0.2, -0.15) is 18.2 Å². The van der Waals surface area contributed by atoms with Crippen LogP contribution in [0.15, 0.2) is 52.9 Å². The van der Waals surface area contributed by atoms with Crippen molar-refractivity contribution in [2.24, 2.45) is 0 Å².